The molecule has 12 heavy (non-hydrogen) atoms. The number of amides is 1. The van der Waals surface area contributed by atoms with Gasteiger partial charge in [-0.05, 0) is 6.07 Å². The average molecular weight is 206 g/mol. The summed E-state index contributed by atoms with van der Waals surface area (Å²) in [6.07, 6.45) is 1.40. The third kappa shape index (κ3) is 1.66. The quantitative estimate of drug-likeness (QED) is 0.311. The van der Waals surface area contributed by atoms with E-state index in [9.17, 15) is 4.79 Å². The third-order valence-corrected chi connectivity index (χ3v) is 1.81. The average Bonchev–Trinajstić information content (AvgIpc) is 2.03. The summed E-state index contributed by atoms with van der Waals surface area (Å²) in [6.45, 7) is 0. The van der Waals surface area contributed by atoms with Gasteiger partial charge < -0.3 is 0 Å². The van der Waals surface area contributed by atoms with Crippen LogP contribution in [0.2, 0.25) is 10.2 Å². The van der Waals surface area contributed by atoms with E-state index in [0.29, 0.717) is 0 Å². The van der Waals surface area contributed by atoms with Crippen LogP contribution in [0.4, 0.5) is 0 Å². The molecule has 0 radical (unpaired) electrons. The number of carbonyl (C=O) groups excluding carboxylic acids is 1. The van der Waals surface area contributed by atoms with Crippen molar-refractivity contribution in [3.63, 3.8) is 0 Å². The van der Waals surface area contributed by atoms with Crippen LogP contribution in [-0.4, -0.2) is 10.9 Å². The van der Waals surface area contributed by atoms with Crippen LogP contribution in [0.3, 0.4) is 0 Å². The Morgan fingerprint density at radius 2 is 2.25 bits per heavy atom. The van der Waals surface area contributed by atoms with Crippen LogP contribution >= 0.6 is 23.2 Å². The van der Waals surface area contributed by atoms with Gasteiger partial charge in [-0.3, -0.25) is 10.2 Å². The van der Waals surface area contributed by atoms with Crippen molar-refractivity contribution in [1.29, 1.82) is 0 Å². The molecule has 0 saturated carbocycles. The number of carbonyl (C=O) groups is 1. The Bertz CT molecular complexity index is 295. The predicted octanol–water partition coefficient (Wildman–Crippen LogP) is 0.992. The standard InChI is InChI=1S/C6H5Cl2N3O/c7-3-1-2-10-5(8)4(3)6(12)11-9/h1-2H,9H2,(H,11,12). The highest BCUT2D eigenvalue weighted by atomic mass is 35.5. The third-order valence-electron chi connectivity index (χ3n) is 1.21. The van der Waals surface area contributed by atoms with E-state index in [4.69, 9.17) is 29.0 Å². The number of aromatic nitrogens is 1. The monoisotopic (exact) mass is 205 g/mol. The topological polar surface area (TPSA) is 68.0 Å². The van der Waals surface area contributed by atoms with E-state index in [-0.39, 0.29) is 15.7 Å². The molecule has 0 unspecified atom stereocenters. The van der Waals surface area contributed by atoms with Crippen molar-refractivity contribution in [3.8, 4) is 0 Å². The molecule has 1 rings (SSSR count). The van der Waals surface area contributed by atoms with Crippen molar-refractivity contribution in [2.24, 2.45) is 5.84 Å². The highest BCUT2D eigenvalue weighted by Gasteiger charge is 2.13. The first-order valence-electron chi connectivity index (χ1n) is 2.97. The maximum absolute atomic E-state index is 11.0. The fourth-order valence-corrected chi connectivity index (χ4v) is 1.21. The van der Waals surface area contributed by atoms with Crippen molar-refractivity contribution in [2.45, 2.75) is 0 Å². The molecule has 0 spiro atoms. The first-order valence-corrected chi connectivity index (χ1v) is 3.73. The summed E-state index contributed by atoms with van der Waals surface area (Å²) in [6, 6.07) is 1.46. The zero-order valence-electron chi connectivity index (χ0n) is 5.84. The van der Waals surface area contributed by atoms with Gasteiger partial charge in [0.05, 0.1) is 10.6 Å². The number of rotatable bonds is 1. The number of pyridine rings is 1. The summed E-state index contributed by atoms with van der Waals surface area (Å²) in [5.74, 6) is 4.34. The first kappa shape index (κ1) is 9.25. The Balaban J connectivity index is 3.21. The number of nitrogen functional groups attached to an aromatic ring is 1. The largest absolute Gasteiger partial charge is 0.290 e. The van der Waals surface area contributed by atoms with E-state index in [1.807, 2.05) is 5.43 Å². The number of nitrogens with two attached hydrogens (primary N) is 1. The maximum Gasteiger partial charge on any atom is 0.269 e. The van der Waals surface area contributed by atoms with Gasteiger partial charge >= 0.3 is 0 Å². The van der Waals surface area contributed by atoms with E-state index < -0.39 is 5.91 Å². The number of hydrogen-bond acceptors (Lipinski definition) is 3. The zero-order valence-corrected chi connectivity index (χ0v) is 7.36. The summed E-state index contributed by atoms with van der Waals surface area (Å²) in [7, 11) is 0. The van der Waals surface area contributed by atoms with Gasteiger partial charge in [-0.2, -0.15) is 0 Å². The van der Waals surface area contributed by atoms with Gasteiger partial charge in [-0.25, -0.2) is 10.8 Å². The lowest BCUT2D eigenvalue weighted by atomic mass is 10.3. The lowest BCUT2D eigenvalue weighted by molar-refractivity contribution is 0.0953. The molecule has 0 bridgehead atoms. The summed E-state index contributed by atoms with van der Waals surface area (Å²) in [4.78, 5) is 14.7. The molecular formula is C6H5Cl2N3O. The lowest BCUT2D eigenvalue weighted by Crippen LogP contribution is -2.30. The van der Waals surface area contributed by atoms with Crippen LogP contribution < -0.4 is 11.3 Å². The summed E-state index contributed by atoms with van der Waals surface area (Å²) >= 11 is 11.3. The molecule has 1 aromatic heterocycles. The molecule has 1 amide bonds. The van der Waals surface area contributed by atoms with Gasteiger partial charge in [0, 0.05) is 6.20 Å². The van der Waals surface area contributed by atoms with Gasteiger partial charge in [-0.15, -0.1) is 0 Å². The Labute approximate surface area is 78.6 Å². The van der Waals surface area contributed by atoms with Gasteiger partial charge in [0.25, 0.3) is 5.91 Å². The number of hydrogen-bond donors (Lipinski definition) is 2. The molecule has 1 aromatic rings. The molecule has 6 heteroatoms. The second-order valence-electron chi connectivity index (χ2n) is 1.93. The van der Waals surface area contributed by atoms with Gasteiger partial charge in [0.15, 0.2) is 0 Å². The fourth-order valence-electron chi connectivity index (χ4n) is 0.689. The minimum atomic E-state index is -0.557. The van der Waals surface area contributed by atoms with Gasteiger partial charge in [0.2, 0.25) is 0 Å². The van der Waals surface area contributed by atoms with Crippen LogP contribution in [-0.2, 0) is 0 Å². The predicted molar refractivity (Wildman–Crippen MR) is 45.9 cm³/mol. The summed E-state index contributed by atoms with van der Waals surface area (Å²) < 4.78 is 0. The normalized spacial score (nSPS) is 9.58. The Morgan fingerprint density at radius 1 is 1.58 bits per heavy atom. The fraction of sp³-hybridized carbons (Fsp3) is 0. The van der Waals surface area contributed by atoms with Crippen molar-refractivity contribution in [1.82, 2.24) is 10.4 Å². The molecule has 0 aromatic carbocycles. The number of halogens is 2. The van der Waals surface area contributed by atoms with Crippen molar-refractivity contribution < 1.29 is 4.79 Å². The SMILES string of the molecule is NNC(=O)c1c(Cl)ccnc1Cl. The maximum atomic E-state index is 11.0. The lowest BCUT2D eigenvalue weighted by Gasteiger charge is -2.02. The molecule has 64 valence electrons. The van der Waals surface area contributed by atoms with E-state index in [2.05, 4.69) is 4.98 Å². The molecule has 1 heterocycles. The number of nitrogens with one attached hydrogen (secondary N) is 1. The Kier molecular flexibility index (Phi) is 2.86. The highest BCUT2D eigenvalue weighted by Crippen LogP contribution is 2.21. The van der Waals surface area contributed by atoms with Crippen molar-refractivity contribution in [2.75, 3.05) is 0 Å². The zero-order chi connectivity index (χ0) is 9.14. The highest BCUT2D eigenvalue weighted by molar-refractivity contribution is 6.38. The minimum Gasteiger partial charge on any atom is -0.290 e. The minimum absolute atomic E-state index is 0.0328. The first-order chi connectivity index (χ1) is 5.66. The van der Waals surface area contributed by atoms with Crippen LogP contribution in [0.1, 0.15) is 10.4 Å². The number of hydrazine groups is 1. The molecule has 0 aliphatic heterocycles. The van der Waals surface area contributed by atoms with Crippen LogP contribution in [0, 0.1) is 0 Å². The summed E-state index contributed by atoms with van der Waals surface area (Å²) in [5.41, 5.74) is 2.00. The van der Waals surface area contributed by atoms with E-state index in [0.717, 1.165) is 0 Å². The van der Waals surface area contributed by atoms with E-state index in [1.165, 1.54) is 12.3 Å². The smallest absolute Gasteiger partial charge is 0.269 e. The molecule has 0 aliphatic carbocycles. The molecule has 0 fully saturated rings. The second-order valence-corrected chi connectivity index (χ2v) is 2.70. The molecule has 0 saturated heterocycles. The molecular weight excluding hydrogens is 201 g/mol. The van der Waals surface area contributed by atoms with Crippen molar-refractivity contribution in [3.05, 3.63) is 28.0 Å². The molecule has 3 N–H and O–H groups in total. The van der Waals surface area contributed by atoms with Gasteiger partial charge in [0.1, 0.15) is 5.15 Å². The van der Waals surface area contributed by atoms with Crippen molar-refractivity contribution >= 4 is 29.1 Å². The van der Waals surface area contributed by atoms with Crippen LogP contribution in [0.5, 0.6) is 0 Å². The summed E-state index contributed by atoms with van der Waals surface area (Å²) in [5, 5.41) is 0.253. The second kappa shape index (κ2) is 3.71. The molecule has 4 nitrogen and oxygen atoms in total. The van der Waals surface area contributed by atoms with Crippen LogP contribution in [0.15, 0.2) is 12.3 Å². The van der Waals surface area contributed by atoms with Gasteiger partial charge in [-0.1, -0.05) is 23.2 Å². The Hall–Kier alpha value is -0.840. The van der Waals surface area contributed by atoms with E-state index in [1.54, 1.807) is 0 Å². The molecule has 0 aliphatic rings. The van der Waals surface area contributed by atoms with Crippen LogP contribution in [0.25, 0.3) is 0 Å². The van der Waals surface area contributed by atoms with E-state index >= 15 is 0 Å². The Morgan fingerprint density at radius 3 is 2.75 bits per heavy atom. The number of nitrogens with zero attached hydrogens (tertiary/aromatic N) is 1. The molecule has 0 atom stereocenters.